The molecular weight excluding hydrogens is 347 g/mol. The SMILES string of the molecule is O=C(NCCCC(=O)N1CCOC(c2ccccc2)C1)c1cccc(F)c1. The molecule has 0 aliphatic carbocycles. The average Bonchev–Trinajstić information content (AvgIpc) is 2.71. The quantitative estimate of drug-likeness (QED) is 0.796. The molecule has 1 fully saturated rings. The standard InChI is InChI=1S/C21H23FN2O3/c22-18-9-4-8-17(14-18)21(26)23-11-5-10-20(25)24-12-13-27-19(15-24)16-6-2-1-3-7-16/h1-4,6-9,14,19H,5,10-13,15H2,(H,23,26). The van der Waals surface area contributed by atoms with Gasteiger partial charge in [-0.3, -0.25) is 9.59 Å². The van der Waals surface area contributed by atoms with Crippen LogP contribution in [0.1, 0.15) is 34.9 Å². The number of carbonyl (C=O) groups is 2. The van der Waals surface area contributed by atoms with E-state index in [1.165, 1.54) is 18.2 Å². The van der Waals surface area contributed by atoms with Crippen LogP contribution in [0.15, 0.2) is 54.6 Å². The third-order valence-corrected chi connectivity index (χ3v) is 4.53. The van der Waals surface area contributed by atoms with Gasteiger partial charge in [-0.15, -0.1) is 0 Å². The molecule has 1 atom stereocenters. The topological polar surface area (TPSA) is 58.6 Å². The van der Waals surface area contributed by atoms with Crippen LogP contribution < -0.4 is 5.32 Å². The van der Waals surface area contributed by atoms with E-state index in [9.17, 15) is 14.0 Å². The van der Waals surface area contributed by atoms with Gasteiger partial charge in [0, 0.05) is 25.1 Å². The maximum absolute atomic E-state index is 13.1. The summed E-state index contributed by atoms with van der Waals surface area (Å²) in [5.74, 6) is -0.727. The van der Waals surface area contributed by atoms with Gasteiger partial charge in [0.1, 0.15) is 11.9 Å². The monoisotopic (exact) mass is 370 g/mol. The number of rotatable bonds is 6. The predicted molar refractivity (Wildman–Crippen MR) is 99.7 cm³/mol. The first-order chi connectivity index (χ1) is 13.1. The molecule has 1 N–H and O–H groups in total. The summed E-state index contributed by atoms with van der Waals surface area (Å²) in [6, 6.07) is 15.4. The normalized spacial score (nSPS) is 16.8. The van der Waals surface area contributed by atoms with E-state index in [4.69, 9.17) is 4.74 Å². The summed E-state index contributed by atoms with van der Waals surface area (Å²) in [7, 11) is 0. The Hall–Kier alpha value is -2.73. The van der Waals surface area contributed by atoms with Gasteiger partial charge in [0.25, 0.3) is 5.91 Å². The van der Waals surface area contributed by atoms with Crippen LogP contribution in [0, 0.1) is 5.82 Å². The number of morpholine rings is 1. The summed E-state index contributed by atoms with van der Waals surface area (Å²) in [5, 5.41) is 2.72. The van der Waals surface area contributed by atoms with E-state index in [0.29, 0.717) is 39.1 Å². The molecule has 0 radical (unpaired) electrons. The molecule has 27 heavy (non-hydrogen) atoms. The van der Waals surface area contributed by atoms with Crippen LogP contribution in [0.3, 0.4) is 0 Å². The van der Waals surface area contributed by atoms with Crippen LogP contribution in [0.2, 0.25) is 0 Å². The Morgan fingerprint density at radius 2 is 1.96 bits per heavy atom. The summed E-state index contributed by atoms with van der Waals surface area (Å²) < 4.78 is 18.9. The lowest BCUT2D eigenvalue weighted by Gasteiger charge is -2.33. The number of ether oxygens (including phenoxy) is 1. The molecule has 1 aliphatic heterocycles. The van der Waals surface area contributed by atoms with E-state index < -0.39 is 5.82 Å². The molecule has 1 aliphatic rings. The zero-order chi connectivity index (χ0) is 19.1. The van der Waals surface area contributed by atoms with E-state index in [1.54, 1.807) is 6.07 Å². The van der Waals surface area contributed by atoms with Gasteiger partial charge in [-0.25, -0.2) is 4.39 Å². The second kappa shape index (κ2) is 9.28. The van der Waals surface area contributed by atoms with E-state index >= 15 is 0 Å². The number of halogens is 1. The van der Waals surface area contributed by atoms with Crippen LogP contribution >= 0.6 is 0 Å². The molecule has 2 amide bonds. The largest absolute Gasteiger partial charge is 0.370 e. The molecule has 5 nitrogen and oxygen atoms in total. The second-order valence-corrected chi connectivity index (χ2v) is 6.48. The summed E-state index contributed by atoms with van der Waals surface area (Å²) in [6.45, 7) is 2.01. The fraction of sp³-hybridized carbons (Fsp3) is 0.333. The van der Waals surface area contributed by atoms with Crippen molar-refractivity contribution in [2.24, 2.45) is 0 Å². The minimum atomic E-state index is -0.446. The van der Waals surface area contributed by atoms with Gasteiger partial charge in [-0.05, 0) is 30.2 Å². The average molecular weight is 370 g/mol. The van der Waals surface area contributed by atoms with Crippen molar-refractivity contribution in [1.82, 2.24) is 10.2 Å². The van der Waals surface area contributed by atoms with Crippen LogP contribution in [-0.4, -0.2) is 43.0 Å². The molecule has 0 spiro atoms. The molecule has 6 heteroatoms. The number of amides is 2. The van der Waals surface area contributed by atoms with Crippen LogP contribution in [-0.2, 0) is 9.53 Å². The zero-order valence-electron chi connectivity index (χ0n) is 15.1. The van der Waals surface area contributed by atoms with Crippen molar-refractivity contribution in [3.05, 3.63) is 71.5 Å². The summed E-state index contributed by atoms with van der Waals surface area (Å²) >= 11 is 0. The maximum Gasteiger partial charge on any atom is 0.251 e. The van der Waals surface area contributed by atoms with Crippen molar-refractivity contribution < 1.29 is 18.7 Å². The number of benzene rings is 2. The molecule has 3 rings (SSSR count). The van der Waals surface area contributed by atoms with Gasteiger partial charge >= 0.3 is 0 Å². The molecule has 0 aromatic heterocycles. The summed E-state index contributed by atoms with van der Waals surface area (Å²) in [4.78, 5) is 26.2. The number of nitrogens with zero attached hydrogens (tertiary/aromatic N) is 1. The Balaban J connectivity index is 1.42. The Labute approximate surface area is 158 Å². The lowest BCUT2D eigenvalue weighted by Crippen LogP contribution is -2.42. The summed E-state index contributed by atoms with van der Waals surface area (Å²) in [5.41, 5.74) is 1.34. The highest BCUT2D eigenvalue weighted by Gasteiger charge is 2.24. The molecule has 2 aromatic carbocycles. The third-order valence-electron chi connectivity index (χ3n) is 4.53. The Kier molecular flexibility index (Phi) is 6.54. The molecular formula is C21H23FN2O3. The fourth-order valence-electron chi connectivity index (χ4n) is 3.08. The number of hydrogen-bond donors (Lipinski definition) is 1. The van der Waals surface area contributed by atoms with Crippen molar-refractivity contribution in [2.45, 2.75) is 18.9 Å². The van der Waals surface area contributed by atoms with Gasteiger partial charge in [0.2, 0.25) is 5.91 Å². The molecule has 2 aromatic rings. The van der Waals surface area contributed by atoms with E-state index in [2.05, 4.69) is 5.32 Å². The van der Waals surface area contributed by atoms with Gasteiger partial charge in [0.15, 0.2) is 0 Å². The van der Waals surface area contributed by atoms with E-state index in [1.807, 2.05) is 35.2 Å². The van der Waals surface area contributed by atoms with Gasteiger partial charge in [-0.1, -0.05) is 36.4 Å². The molecule has 0 saturated carbocycles. The fourth-order valence-corrected chi connectivity index (χ4v) is 3.08. The predicted octanol–water partition coefficient (Wildman–Crippen LogP) is 2.94. The Morgan fingerprint density at radius 1 is 1.15 bits per heavy atom. The minimum Gasteiger partial charge on any atom is -0.370 e. The molecule has 1 unspecified atom stereocenters. The van der Waals surface area contributed by atoms with Crippen molar-refractivity contribution >= 4 is 11.8 Å². The van der Waals surface area contributed by atoms with Crippen molar-refractivity contribution in [3.63, 3.8) is 0 Å². The van der Waals surface area contributed by atoms with E-state index in [-0.39, 0.29) is 23.5 Å². The lowest BCUT2D eigenvalue weighted by molar-refractivity contribution is -0.139. The molecule has 0 bridgehead atoms. The maximum atomic E-state index is 13.1. The van der Waals surface area contributed by atoms with Crippen molar-refractivity contribution in [3.8, 4) is 0 Å². The molecule has 1 heterocycles. The smallest absolute Gasteiger partial charge is 0.251 e. The number of carbonyl (C=O) groups excluding carboxylic acids is 2. The number of nitrogens with one attached hydrogen (secondary N) is 1. The lowest BCUT2D eigenvalue weighted by atomic mass is 10.1. The molecule has 1 saturated heterocycles. The van der Waals surface area contributed by atoms with Gasteiger partial charge in [0.05, 0.1) is 13.2 Å². The highest BCUT2D eigenvalue weighted by atomic mass is 19.1. The highest BCUT2D eigenvalue weighted by Crippen LogP contribution is 2.22. The number of hydrogen-bond acceptors (Lipinski definition) is 3. The Bertz CT molecular complexity index is 782. The second-order valence-electron chi connectivity index (χ2n) is 6.48. The first-order valence-corrected chi connectivity index (χ1v) is 9.11. The van der Waals surface area contributed by atoms with Gasteiger partial charge < -0.3 is 15.0 Å². The van der Waals surface area contributed by atoms with Gasteiger partial charge in [-0.2, -0.15) is 0 Å². The summed E-state index contributed by atoms with van der Waals surface area (Å²) in [6.07, 6.45) is 0.787. The minimum absolute atomic E-state index is 0.0548. The zero-order valence-corrected chi connectivity index (χ0v) is 15.1. The van der Waals surface area contributed by atoms with Crippen molar-refractivity contribution in [1.29, 1.82) is 0 Å². The third kappa shape index (κ3) is 5.37. The van der Waals surface area contributed by atoms with Crippen LogP contribution in [0.4, 0.5) is 4.39 Å². The first-order valence-electron chi connectivity index (χ1n) is 9.11. The van der Waals surface area contributed by atoms with Crippen LogP contribution in [0.25, 0.3) is 0 Å². The van der Waals surface area contributed by atoms with Crippen molar-refractivity contribution in [2.75, 3.05) is 26.2 Å². The Morgan fingerprint density at radius 3 is 2.74 bits per heavy atom. The molecule has 142 valence electrons. The highest BCUT2D eigenvalue weighted by molar-refractivity contribution is 5.94. The first kappa shape index (κ1) is 19.0. The van der Waals surface area contributed by atoms with E-state index in [0.717, 1.165) is 5.56 Å². The van der Waals surface area contributed by atoms with Crippen LogP contribution in [0.5, 0.6) is 0 Å².